The summed E-state index contributed by atoms with van der Waals surface area (Å²) in [6.07, 6.45) is 0. The van der Waals surface area contributed by atoms with Crippen molar-refractivity contribution in [3.05, 3.63) is 30.9 Å². The van der Waals surface area contributed by atoms with Crippen LogP contribution in [0.1, 0.15) is 17.9 Å². The van der Waals surface area contributed by atoms with Gasteiger partial charge in [-0.3, -0.25) is 4.79 Å². The van der Waals surface area contributed by atoms with Crippen LogP contribution >= 0.6 is 68.4 Å². The van der Waals surface area contributed by atoms with Gasteiger partial charge in [0.1, 0.15) is 0 Å². The quantitative estimate of drug-likeness (QED) is 0.427. The minimum absolute atomic E-state index is 0.291. The molecule has 1 aromatic rings. The van der Waals surface area contributed by atoms with Gasteiger partial charge in [-0.25, -0.2) is 5.01 Å². The Bertz CT molecular complexity index is 579. The van der Waals surface area contributed by atoms with Crippen LogP contribution in [-0.2, 0) is 4.79 Å². The van der Waals surface area contributed by atoms with Gasteiger partial charge >= 0.3 is 0 Å². The Labute approximate surface area is 149 Å². The number of nitrogens with zero attached hydrogens (tertiary/aromatic N) is 2. The molecule has 0 saturated heterocycles. The summed E-state index contributed by atoms with van der Waals surface area (Å²) in [6.45, 7) is 1.73. The molecular weight excluding hydrogens is 513 g/mol. The van der Waals surface area contributed by atoms with E-state index >= 15 is 0 Å². The third-order valence-corrected chi connectivity index (χ3v) is 5.95. The number of hydrogen-bond acceptors (Lipinski definition) is 2. The number of benzene rings is 1. The molecule has 1 amide bonds. The smallest absolute Gasteiger partial charge is 0.270 e. The molecule has 0 aliphatic carbocycles. The topological polar surface area (TPSA) is 32.7 Å². The first-order chi connectivity index (χ1) is 8.78. The summed E-state index contributed by atoms with van der Waals surface area (Å²) in [5, 5.41) is 4.69. The molecule has 0 radical (unpaired) electrons. The van der Waals surface area contributed by atoms with Crippen molar-refractivity contribution in [2.75, 3.05) is 7.05 Å². The number of carbonyl (C=O) groups is 1. The van der Waals surface area contributed by atoms with E-state index in [-0.39, 0.29) is 5.91 Å². The normalized spacial score (nSPS) is 24.6. The van der Waals surface area contributed by atoms with Gasteiger partial charge in [0.2, 0.25) is 0 Å². The van der Waals surface area contributed by atoms with E-state index < -0.39 is 10.3 Å². The first-order valence-corrected chi connectivity index (χ1v) is 8.37. The van der Waals surface area contributed by atoms with Gasteiger partial charge < -0.3 is 0 Å². The molecule has 7 heteroatoms. The summed E-state index contributed by atoms with van der Waals surface area (Å²) in [5.74, 6) is -0.291. The molecule has 3 nitrogen and oxygen atoms in total. The Kier molecular flexibility index (Phi) is 4.69. The second kappa shape index (κ2) is 5.65. The van der Waals surface area contributed by atoms with Crippen LogP contribution in [0.2, 0.25) is 0 Å². The Morgan fingerprint density at radius 1 is 1.42 bits per heavy atom. The van der Waals surface area contributed by atoms with Gasteiger partial charge in [-0.2, -0.15) is 5.10 Å². The summed E-state index contributed by atoms with van der Waals surface area (Å²) >= 11 is 17.4. The van der Waals surface area contributed by atoms with Gasteiger partial charge in [0.25, 0.3) is 5.91 Å². The zero-order valence-electron chi connectivity index (χ0n) is 10.1. The first kappa shape index (κ1) is 15.8. The van der Waals surface area contributed by atoms with Gasteiger partial charge in [0.05, 0.1) is 11.1 Å². The van der Waals surface area contributed by atoms with Crippen LogP contribution in [0, 0.1) is 7.14 Å². The zero-order valence-corrected chi connectivity index (χ0v) is 16.0. The van der Waals surface area contributed by atoms with Crippen molar-refractivity contribution < 1.29 is 4.79 Å². The molecule has 1 aliphatic heterocycles. The van der Waals surface area contributed by atoms with Gasteiger partial charge in [-0.05, 0) is 69.8 Å². The SMILES string of the molecule is CC1=NN(C)C(=O)C1(Cl)C(Cl)c1ccc(I)cc1I. The highest BCUT2D eigenvalue weighted by Gasteiger charge is 2.52. The van der Waals surface area contributed by atoms with Gasteiger partial charge in [0, 0.05) is 14.2 Å². The van der Waals surface area contributed by atoms with Crippen LogP contribution in [0.5, 0.6) is 0 Å². The molecule has 0 bridgehead atoms. The molecule has 1 heterocycles. The van der Waals surface area contributed by atoms with Crippen molar-refractivity contribution in [2.45, 2.75) is 17.2 Å². The molecule has 2 atom stereocenters. The van der Waals surface area contributed by atoms with Crippen LogP contribution in [0.4, 0.5) is 0 Å². The van der Waals surface area contributed by atoms with E-state index in [9.17, 15) is 4.79 Å². The fraction of sp³-hybridized carbons (Fsp3) is 0.333. The molecule has 19 heavy (non-hydrogen) atoms. The Morgan fingerprint density at radius 3 is 2.53 bits per heavy atom. The van der Waals surface area contributed by atoms with E-state index in [2.05, 4.69) is 50.3 Å². The molecule has 1 aromatic carbocycles. The molecule has 0 aromatic heterocycles. The third kappa shape index (κ3) is 2.63. The highest BCUT2D eigenvalue weighted by Crippen LogP contribution is 2.44. The molecule has 1 aliphatic rings. The van der Waals surface area contributed by atoms with Crippen molar-refractivity contribution in [3.63, 3.8) is 0 Å². The lowest BCUT2D eigenvalue weighted by Crippen LogP contribution is -2.43. The summed E-state index contributed by atoms with van der Waals surface area (Å²) in [7, 11) is 1.58. The van der Waals surface area contributed by atoms with Gasteiger partial charge in [-0.1, -0.05) is 17.7 Å². The number of carbonyl (C=O) groups excluding carboxylic acids is 1. The number of rotatable bonds is 2. The number of amides is 1. The number of alkyl halides is 2. The van der Waals surface area contributed by atoms with Crippen LogP contribution in [0.15, 0.2) is 23.3 Å². The molecule has 0 spiro atoms. The largest absolute Gasteiger partial charge is 0.271 e. The molecule has 0 saturated carbocycles. The molecule has 102 valence electrons. The highest BCUT2D eigenvalue weighted by atomic mass is 127. The maximum atomic E-state index is 12.2. The third-order valence-electron chi connectivity index (χ3n) is 3.02. The van der Waals surface area contributed by atoms with Crippen LogP contribution in [0.25, 0.3) is 0 Å². The lowest BCUT2D eigenvalue weighted by Gasteiger charge is -2.26. The standard InChI is InChI=1S/C12H10Cl2I2N2O/c1-6-12(14,11(19)18(2)17-6)10(13)8-4-3-7(15)5-9(8)16/h3-5,10H,1-2H3. The fourth-order valence-electron chi connectivity index (χ4n) is 1.95. The number of hydrazone groups is 1. The van der Waals surface area contributed by atoms with E-state index in [0.717, 1.165) is 12.7 Å². The summed E-state index contributed by atoms with van der Waals surface area (Å²) in [6, 6.07) is 5.86. The van der Waals surface area contributed by atoms with Crippen LogP contribution in [-0.4, -0.2) is 28.5 Å². The summed E-state index contributed by atoms with van der Waals surface area (Å²) in [5.41, 5.74) is 1.37. The minimum Gasteiger partial charge on any atom is -0.270 e. The number of halogens is 4. The van der Waals surface area contributed by atoms with Crippen molar-refractivity contribution in [3.8, 4) is 0 Å². The Hall–Kier alpha value is 0.400. The van der Waals surface area contributed by atoms with Crippen molar-refractivity contribution >= 4 is 80.0 Å². The average molecular weight is 523 g/mol. The maximum Gasteiger partial charge on any atom is 0.271 e. The molecule has 2 unspecified atom stereocenters. The van der Waals surface area contributed by atoms with Crippen molar-refractivity contribution in [2.24, 2.45) is 5.10 Å². The van der Waals surface area contributed by atoms with Crippen molar-refractivity contribution in [1.82, 2.24) is 5.01 Å². The molecule has 2 rings (SSSR count). The Balaban J connectivity index is 2.47. The highest BCUT2D eigenvalue weighted by molar-refractivity contribution is 14.1. The van der Waals surface area contributed by atoms with Gasteiger partial charge in [0.15, 0.2) is 4.87 Å². The monoisotopic (exact) mass is 522 g/mol. The van der Waals surface area contributed by atoms with E-state index in [0.29, 0.717) is 5.71 Å². The number of hydrogen-bond donors (Lipinski definition) is 0. The fourth-order valence-corrected chi connectivity index (χ4v) is 4.76. The maximum absolute atomic E-state index is 12.2. The van der Waals surface area contributed by atoms with Crippen LogP contribution < -0.4 is 0 Å². The average Bonchev–Trinajstić information content (AvgIpc) is 2.53. The molecular formula is C12H10Cl2I2N2O. The Morgan fingerprint density at radius 2 is 2.05 bits per heavy atom. The van der Waals surface area contributed by atoms with E-state index in [1.54, 1.807) is 14.0 Å². The van der Waals surface area contributed by atoms with Crippen LogP contribution in [0.3, 0.4) is 0 Å². The zero-order chi connectivity index (χ0) is 14.4. The van der Waals surface area contributed by atoms with E-state index in [1.807, 2.05) is 18.2 Å². The molecule has 0 N–H and O–H groups in total. The van der Waals surface area contributed by atoms with E-state index in [4.69, 9.17) is 23.2 Å². The second-order valence-corrected chi connectivity index (χ2v) is 7.69. The summed E-state index contributed by atoms with van der Waals surface area (Å²) in [4.78, 5) is 10.9. The first-order valence-electron chi connectivity index (χ1n) is 5.40. The van der Waals surface area contributed by atoms with Gasteiger partial charge in [-0.15, -0.1) is 11.6 Å². The molecule has 0 fully saturated rings. The van der Waals surface area contributed by atoms with Crippen molar-refractivity contribution in [1.29, 1.82) is 0 Å². The lowest BCUT2D eigenvalue weighted by atomic mass is 9.93. The predicted molar refractivity (Wildman–Crippen MR) is 94.9 cm³/mol. The van der Waals surface area contributed by atoms with E-state index in [1.165, 1.54) is 5.01 Å². The predicted octanol–water partition coefficient (Wildman–Crippen LogP) is 4.00. The lowest BCUT2D eigenvalue weighted by molar-refractivity contribution is -0.129. The summed E-state index contributed by atoms with van der Waals surface area (Å²) < 4.78 is 2.10. The minimum atomic E-state index is -1.30. The second-order valence-electron chi connectivity index (χ2n) is 4.25.